The molecule has 1 aliphatic heterocycles. The molecule has 0 amide bonds. The molecule has 3 aromatic rings. The molecule has 1 aromatic heterocycles. The molecule has 1 atom stereocenters. The molecule has 29 heavy (non-hydrogen) atoms. The zero-order valence-corrected chi connectivity index (χ0v) is 17.1. The summed E-state index contributed by atoms with van der Waals surface area (Å²) < 4.78 is 5.71. The summed E-state index contributed by atoms with van der Waals surface area (Å²) in [6.07, 6.45) is 2.44. The second-order valence-corrected chi connectivity index (χ2v) is 7.75. The van der Waals surface area contributed by atoms with Gasteiger partial charge in [-0.15, -0.1) is 0 Å². The van der Waals surface area contributed by atoms with Crippen LogP contribution >= 0.6 is 0 Å². The monoisotopic (exact) mass is 388 g/mol. The number of anilines is 3. The summed E-state index contributed by atoms with van der Waals surface area (Å²) in [5.41, 5.74) is 4.28. The Morgan fingerprint density at radius 1 is 1.03 bits per heavy atom. The molecule has 5 nitrogen and oxygen atoms in total. The van der Waals surface area contributed by atoms with Gasteiger partial charge >= 0.3 is 0 Å². The largest absolute Gasteiger partial charge is 0.376 e. The van der Waals surface area contributed by atoms with Gasteiger partial charge < -0.3 is 15.4 Å². The molecule has 0 radical (unpaired) electrons. The van der Waals surface area contributed by atoms with E-state index in [-0.39, 0.29) is 6.10 Å². The van der Waals surface area contributed by atoms with Gasteiger partial charge in [-0.1, -0.05) is 56.3 Å². The van der Waals surface area contributed by atoms with Crippen molar-refractivity contribution in [3.8, 4) is 11.3 Å². The first-order valence-electron chi connectivity index (χ1n) is 10.3. The number of hydrogen-bond acceptors (Lipinski definition) is 5. The average molecular weight is 389 g/mol. The van der Waals surface area contributed by atoms with Crippen molar-refractivity contribution >= 4 is 17.5 Å². The van der Waals surface area contributed by atoms with E-state index < -0.39 is 0 Å². The minimum atomic E-state index is 0.235. The van der Waals surface area contributed by atoms with Crippen molar-refractivity contribution in [3.63, 3.8) is 0 Å². The fourth-order valence-electron chi connectivity index (χ4n) is 3.46. The Morgan fingerprint density at radius 3 is 2.52 bits per heavy atom. The van der Waals surface area contributed by atoms with Gasteiger partial charge in [-0.2, -0.15) is 4.98 Å². The number of rotatable bonds is 7. The van der Waals surface area contributed by atoms with Crippen molar-refractivity contribution in [3.05, 3.63) is 66.2 Å². The molecule has 1 aliphatic rings. The van der Waals surface area contributed by atoms with Crippen LogP contribution in [0.1, 0.15) is 38.2 Å². The first kappa shape index (κ1) is 19.4. The predicted octanol–water partition coefficient (Wildman–Crippen LogP) is 5.60. The van der Waals surface area contributed by atoms with Gasteiger partial charge in [0.1, 0.15) is 5.82 Å². The Labute approximate surface area is 172 Å². The maximum atomic E-state index is 5.71. The van der Waals surface area contributed by atoms with E-state index in [2.05, 4.69) is 65.9 Å². The lowest BCUT2D eigenvalue weighted by Crippen LogP contribution is -2.20. The van der Waals surface area contributed by atoms with Crippen LogP contribution in [0, 0.1) is 0 Å². The van der Waals surface area contributed by atoms with E-state index in [0.717, 1.165) is 48.8 Å². The summed E-state index contributed by atoms with van der Waals surface area (Å²) in [4.78, 5) is 9.41. The molecule has 0 saturated carbocycles. The van der Waals surface area contributed by atoms with E-state index in [1.807, 2.05) is 24.3 Å². The Bertz CT molecular complexity index is 919. The Balaban J connectivity index is 1.58. The van der Waals surface area contributed by atoms with Crippen LogP contribution in [0.4, 0.5) is 17.5 Å². The number of ether oxygens (including phenoxy) is 1. The van der Waals surface area contributed by atoms with Gasteiger partial charge in [0, 0.05) is 30.5 Å². The van der Waals surface area contributed by atoms with Gasteiger partial charge in [0.25, 0.3) is 0 Å². The molecular formula is C24H28N4O. The lowest BCUT2D eigenvalue weighted by Gasteiger charge is -2.14. The van der Waals surface area contributed by atoms with Gasteiger partial charge in [-0.05, 0) is 36.5 Å². The van der Waals surface area contributed by atoms with Crippen LogP contribution in [0.25, 0.3) is 11.3 Å². The van der Waals surface area contributed by atoms with Gasteiger partial charge in [-0.3, -0.25) is 0 Å². The number of nitrogens with zero attached hydrogens (tertiary/aromatic N) is 2. The highest BCUT2D eigenvalue weighted by Gasteiger charge is 2.16. The van der Waals surface area contributed by atoms with Gasteiger partial charge in [0.2, 0.25) is 5.95 Å². The molecule has 2 N–H and O–H groups in total. The van der Waals surface area contributed by atoms with E-state index in [9.17, 15) is 0 Å². The van der Waals surface area contributed by atoms with E-state index >= 15 is 0 Å². The van der Waals surface area contributed by atoms with Crippen LogP contribution in [0.15, 0.2) is 60.7 Å². The summed E-state index contributed by atoms with van der Waals surface area (Å²) in [5.74, 6) is 1.90. The van der Waals surface area contributed by atoms with Gasteiger partial charge in [0.15, 0.2) is 0 Å². The molecule has 0 aliphatic carbocycles. The minimum Gasteiger partial charge on any atom is -0.376 e. The van der Waals surface area contributed by atoms with Crippen LogP contribution in [-0.4, -0.2) is 29.2 Å². The van der Waals surface area contributed by atoms with E-state index in [1.165, 1.54) is 5.56 Å². The van der Waals surface area contributed by atoms with E-state index in [4.69, 9.17) is 9.72 Å². The highest BCUT2D eigenvalue weighted by molar-refractivity contribution is 5.67. The van der Waals surface area contributed by atoms with Crippen LogP contribution in [0.5, 0.6) is 0 Å². The molecule has 1 saturated heterocycles. The first-order valence-corrected chi connectivity index (χ1v) is 10.3. The molecule has 0 bridgehead atoms. The highest BCUT2D eigenvalue weighted by atomic mass is 16.5. The third-order valence-corrected chi connectivity index (χ3v) is 5.16. The SMILES string of the molecule is CC(C)c1ccc(Nc2cc(-c3ccccc3)nc(NCC3CCCO3)n2)cc1. The Kier molecular flexibility index (Phi) is 6.06. The van der Waals surface area contributed by atoms with Crippen molar-refractivity contribution in [1.82, 2.24) is 9.97 Å². The molecule has 2 aromatic carbocycles. The summed E-state index contributed by atoms with van der Waals surface area (Å²) in [5, 5.41) is 6.79. The second-order valence-electron chi connectivity index (χ2n) is 7.75. The number of aromatic nitrogens is 2. The zero-order chi connectivity index (χ0) is 20.1. The van der Waals surface area contributed by atoms with Gasteiger partial charge in [-0.25, -0.2) is 4.98 Å². The molecular weight excluding hydrogens is 360 g/mol. The minimum absolute atomic E-state index is 0.235. The maximum absolute atomic E-state index is 5.71. The Hall–Kier alpha value is -2.92. The molecule has 1 fully saturated rings. The summed E-state index contributed by atoms with van der Waals surface area (Å²) in [6.45, 7) is 5.97. The van der Waals surface area contributed by atoms with Crippen molar-refractivity contribution in [2.75, 3.05) is 23.8 Å². The third kappa shape index (κ3) is 5.12. The lowest BCUT2D eigenvalue weighted by molar-refractivity contribution is 0.120. The lowest BCUT2D eigenvalue weighted by atomic mass is 10.0. The first-order chi connectivity index (χ1) is 14.2. The highest BCUT2D eigenvalue weighted by Crippen LogP contribution is 2.25. The van der Waals surface area contributed by atoms with Crippen molar-refractivity contribution in [2.45, 2.75) is 38.7 Å². The van der Waals surface area contributed by atoms with Gasteiger partial charge in [0.05, 0.1) is 11.8 Å². The fraction of sp³-hybridized carbons (Fsp3) is 0.333. The van der Waals surface area contributed by atoms with E-state index in [1.54, 1.807) is 0 Å². The van der Waals surface area contributed by atoms with Crippen LogP contribution in [0.3, 0.4) is 0 Å². The van der Waals surface area contributed by atoms with Crippen molar-refractivity contribution in [1.29, 1.82) is 0 Å². The Morgan fingerprint density at radius 2 is 1.83 bits per heavy atom. The van der Waals surface area contributed by atoms with Crippen LogP contribution < -0.4 is 10.6 Å². The fourth-order valence-corrected chi connectivity index (χ4v) is 3.46. The molecule has 5 heteroatoms. The number of hydrogen-bond donors (Lipinski definition) is 2. The second kappa shape index (κ2) is 9.05. The summed E-state index contributed by atoms with van der Waals surface area (Å²) >= 11 is 0. The molecule has 0 spiro atoms. The maximum Gasteiger partial charge on any atom is 0.225 e. The molecule has 2 heterocycles. The normalized spacial score (nSPS) is 16.2. The predicted molar refractivity (Wildman–Crippen MR) is 119 cm³/mol. The molecule has 4 rings (SSSR count). The average Bonchev–Trinajstić information content (AvgIpc) is 3.27. The third-order valence-electron chi connectivity index (χ3n) is 5.16. The smallest absolute Gasteiger partial charge is 0.225 e. The zero-order valence-electron chi connectivity index (χ0n) is 17.1. The van der Waals surface area contributed by atoms with Crippen molar-refractivity contribution in [2.24, 2.45) is 0 Å². The molecule has 150 valence electrons. The van der Waals surface area contributed by atoms with Crippen LogP contribution in [-0.2, 0) is 4.74 Å². The standard InChI is InChI=1S/C24H28N4O/c1-17(2)18-10-12-20(13-11-18)26-23-15-22(19-7-4-3-5-8-19)27-24(28-23)25-16-21-9-6-14-29-21/h3-5,7-8,10-13,15,17,21H,6,9,14,16H2,1-2H3,(H2,25,26,27,28). The summed E-state index contributed by atoms with van der Waals surface area (Å²) in [6, 6.07) is 20.7. The number of benzene rings is 2. The number of nitrogens with one attached hydrogen (secondary N) is 2. The molecule has 1 unspecified atom stereocenters. The summed E-state index contributed by atoms with van der Waals surface area (Å²) in [7, 11) is 0. The van der Waals surface area contributed by atoms with E-state index in [0.29, 0.717) is 11.9 Å². The topological polar surface area (TPSA) is 59.1 Å². The van der Waals surface area contributed by atoms with Crippen LogP contribution in [0.2, 0.25) is 0 Å². The van der Waals surface area contributed by atoms with Crippen molar-refractivity contribution < 1.29 is 4.74 Å². The quantitative estimate of drug-likeness (QED) is 0.551.